The highest BCUT2D eigenvalue weighted by atomic mass is 35.5. The van der Waals surface area contributed by atoms with Crippen LogP contribution in [0.5, 0.6) is 0 Å². The molecule has 128 valence electrons. The van der Waals surface area contributed by atoms with Gasteiger partial charge in [0.05, 0.1) is 5.69 Å². The summed E-state index contributed by atoms with van der Waals surface area (Å²) in [5.74, 6) is 2.92. The second kappa shape index (κ2) is 6.51. The van der Waals surface area contributed by atoms with Crippen LogP contribution in [0.2, 0.25) is 5.15 Å². The maximum absolute atomic E-state index is 13.1. The third-order valence-electron chi connectivity index (χ3n) is 5.76. The van der Waals surface area contributed by atoms with E-state index in [0.29, 0.717) is 17.0 Å². The number of hydrogen-bond acceptors (Lipinski definition) is 1. The molecule has 0 spiro atoms. The predicted octanol–water partition coefficient (Wildman–Crippen LogP) is 5.84. The molecule has 4 heteroatoms. The van der Waals surface area contributed by atoms with E-state index in [1.165, 1.54) is 24.2 Å². The van der Waals surface area contributed by atoms with Crippen LogP contribution in [0.3, 0.4) is 0 Å². The van der Waals surface area contributed by atoms with E-state index in [4.69, 9.17) is 16.6 Å². The van der Waals surface area contributed by atoms with Crippen LogP contribution in [0.25, 0.3) is 0 Å². The molecule has 0 unspecified atom stereocenters. The molecule has 2 aliphatic rings. The Morgan fingerprint density at radius 2 is 1.67 bits per heavy atom. The molecule has 1 aromatic carbocycles. The molecule has 2 saturated carbocycles. The SMILES string of the molecule is Cc1c(Cl)nc(C2CCC(c3ccc(F)cc3)CC2)n1CC1CC1. The summed E-state index contributed by atoms with van der Waals surface area (Å²) in [5.41, 5.74) is 2.39. The quantitative estimate of drug-likeness (QED) is 0.680. The van der Waals surface area contributed by atoms with E-state index >= 15 is 0 Å². The van der Waals surface area contributed by atoms with Gasteiger partial charge in [-0.2, -0.15) is 0 Å². The third-order valence-corrected chi connectivity index (χ3v) is 6.12. The molecule has 2 nitrogen and oxygen atoms in total. The van der Waals surface area contributed by atoms with Gasteiger partial charge in [0.1, 0.15) is 16.8 Å². The monoisotopic (exact) mass is 346 g/mol. The van der Waals surface area contributed by atoms with Gasteiger partial charge in [0.25, 0.3) is 0 Å². The lowest BCUT2D eigenvalue weighted by atomic mass is 9.78. The lowest BCUT2D eigenvalue weighted by molar-refractivity contribution is 0.373. The molecule has 2 fully saturated rings. The number of rotatable bonds is 4. The lowest BCUT2D eigenvalue weighted by Crippen LogP contribution is -2.17. The van der Waals surface area contributed by atoms with Gasteiger partial charge in [-0.25, -0.2) is 9.37 Å². The first-order valence-electron chi connectivity index (χ1n) is 9.10. The summed E-state index contributed by atoms with van der Waals surface area (Å²) in [6, 6.07) is 7.03. The molecule has 0 atom stereocenters. The highest BCUT2D eigenvalue weighted by molar-refractivity contribution is 6.30. The molecule has 24 heavy (non-hydrogen) atoms. The topological polar surface area (TPSA) is 17.8 Å². The van der Waals surface area contributed by atoms with Crippen molar-refractivity contribution in [1.29, 1.82) is 0 Å². The lowest BCUT2D eigenvalue weighted by Gasteiger charge is -2.29. The summed E-state index contributed by atoms with van der Waals surface area (Å²) < 4.78 is 15.5. The van der Waals surface area contributed by atoms with Crippen molar-refractivity contribution in [2.75, 3.05) is 0 Å². The van der Waals surface area contributed by atoms with E-state index in [0.717, 1.165) is 43.8 Å². The minimum Gasteiger partial charge on any atom is -0.330 e. The maximum Gasteiger partial charge on any atom is 0.150 e. The van der Waals surface area contributed by atoms with Gasteiger partial charge in [-0.15, -0.1) is 0 Å². The van der Waals surface area contributed by atoms with E-state index in [9.17, 15) is 4.39 Å². The summed E-state index contributed by atoms with van der Waals surface area (Å²) in [6.45, 7) is 3.17. The van der Waals surface area contributed by atoms with Crippen molar-refractivity contribution in [3.8, 4) is 0 Å². The van der Waals surface area contributed by atoms with Gasteiger partial charge in [-0.1, -0.05) is 23.7 Å². The molecule has 0 radical (unpaired) electrons. The molecule has 4 rings (SSSR count). The molecule has 2 aromatic rings. The molecule has 1 heterocycles. The van der Waals surface area contributed by atoms with Gasteiger partial charge in [-0.05, 0) is 75.0 Å². The van der Waals surface area contributed by atoms with Gasteiger partial charge in [0.2, 0.25) is 0 Å². The largest absolute Gasteiger partial charge is 0.330 e. The molecular formula is C20H24ClFN2. The normalized spacial score (nSPS) is 24.3. The van der Waals surface area contributed by atoms with Crippen molar-refractivity contribution < 1.29 is 4.39 Å². The third kappa shape index (κ3) is 3.23. The fraction of sp³-hybridized carbons (Fsp3) is 0.550. The van der Waals surface area contributed by atoms with Crippen LogP contribution in [0.15, 0.2) is 24.3 Å². The standard InChI is InChI=1S/C20H24ClFN2/c1-13-19(21)23-20(24(13)12-14-2-3-14)17-6-4-15(5-7-17)16-8-10-18(22)11-9-16/h8-11,14-15,17H,2-7,12H2,1H3. The minimum absolute atomic E-state index is 0.153. The van der Waals surface area contributed by atoms with Gasteiger partial charge < -0.3 is 4.57 Å². The maximum atomic E-state index is 13.1. The van der Waals surface area contributed by atoms with E-state index in [2.05, 4.69) is 11.5 Å². The van der Waals surface area contributed by atoms with Crippen molar-refractivity contribution in [3.05, 3.63) is 52.3 Å². The molecule has 0 amide bonds. The summed E-state index contributed by atoms with van der Waals surface area (Å²) in [5, 5.41) is 0.673. The first kappa shape index (κ1) is 16.1. The number of hydrogen-bond donors (Lipinski definition) is 0. The van der Waals surface area contributed by atoms with Crippen molar-refractivity contribution in [2.45, 2.75) is 63.8 Å². The molecule has 0 N–H and O–H groups in total. The molecule has 1 aromatic heterocycles. The zero-order valence-corrected chi connectivity index (χ0v) is 14.9. The number of imidazole rings is 1. The Kier molecular flexibility index (Phi) is 4.38. The molecule has 2 aliphatic carbocycles. The second-order valence-corrected chi connectivity index (χ2v) is 7.86. The second-order valence-electron chi connectivity index (χ2n) is 7.50. The molecule has 0 bridgehead atoms. The average Bonchev–Trinajstić information content (AvgIpc) is 3.37. The smallest absolute Gasteiger partial charge is 0.150 e. The first-order valence-corrected chi connectivity index (χ1v) is 9.47. The number of nitrogens with zero attached hydrogens (tertiary/aromatic N) is 2. The van der Waals surface area contributed by atoms with Crippen LogP contribution in [-0.4, -0.2) is 9.55 Å². The minimum atomic E-state index is -0.153. The molecular weight excluding hydrogens is 323 g/mol. The van der Waals surface area contributed by atoms with Crippen molar-refractivity contribution in [1.82, 2.24) is 9.55 Å². The summed E-state index contributed by atoms with van der Waals surface area (Å²) in [4.78, 5) is 4.70. The Labute approximate surface area is 148 Å². The van der Waals surface area contributed by atoms with Crippen molar-refractivity contribution in [3.63, 3.8) is 0 Å². The fourth-order valence-corrected chi connectivity index (χ4v) is 4.23. The Balaban J connectivity index is 1.47. The van der Waals surface area contributed by atoms with Crippen LogP contribution in [0.1, 0.15) is 67.4 Å². The fourth-order valence-electron chi connectivity index (χ4n) is 4.05. The summed E-state index contributed by atoms with van der Waals surface area (Å²) in [7, 11) is 0. The van der Waals surface area contributed by atoms with Crippen LogP contribution in [0.4, 0.5) is 4.39 Å². The number of aromatic nitrogens is 2. The van der Waals surface area contributed by atoms with E-state index < -0.39 is 0 Å². The van der Waals surface area contributed by atoms with Crippen molar-refractivity contribution >= 4 is 11.6 Å². The Bertz CT molecular complexity index is 710. The van der Waals surface area contributed by atoms with Crippen LogP contribution in [0, 0.1) is 18.7 Å². The Hall–Kier alpha value is -1.35. The van der Waals surface area contributed by atoms with Gasteiger partial charge in [-0.3, -0.25) is 0 Å². The predicted molar refractivity (Wildman–Crippen MR) is 95.0 cm³/mol. The van der Waals surface area contributed by atoms with E-state index in [1.54, 1.807) is 12.1 Å². The van der Waals surface area contributed by atoms with Crippen molar-refractivity contribution in [2.24, 2.45) is 5.92 Å². The summed E-state index contributed by atoms with van der Waals surface area (Å²) >= 11 is 6.33. The van der Waals surface area contributed by atoms with Crippen LogP contribution < -0.4 is 0 Å². The van der Waals surface area contributed by atoms with Crippen LogP contribution in [-0.2, 0) is 6.54 Å². The summed E-state index contributed by atoms with van der Waals surface area (Å²) in [6.07, 6.45) is 7.24. The van der Waals surface area contributed by atoms with Gasteiger partial charge >= 0.3 is 0 Å². The van der Waals surface area contributed by atoms with Gasteiger partial charge in [0, 0.05) is 12.5 Å². The Morgan fingerprint density at radius 1 is 1.04 bits per heavy atom. The first-order chi connectivity index (χ1) is 11.6. The number of benzene rings is 1. The average molecular weight is 347 g/mol. The van der Waals surface area contributed by atoms with Crippen LogP contribution >= 0.6 is 11.6 Å². The van der Waals surface area contributed by atoms with E-state index in [-0.39, 0.29) is 5.82 Å². The Morgan fingerprint density at radius 3 is 2.29 bits per heavy atom. The van der Waals surface area contributed by atoms with Gasteiger partial charge in [0.15, 0.2) is 0 Å². The zero-order chi connectivity index (χ0) is 16.7. The zero-order valence-electron chi connectivity index (χ0n) is 14.1. The highest BCUT2D eigenvalue weighted by Gasteiger charge is 2.30. The molecule has 0 aliphatic heterocycles. The van der Waals surface area contributed by atoms with E-state index in [1.807, 2.05) is 12.1 Å². The highest BCUT2D eigenvalue weighted by Crippen LogP contribution is 2.42. The number of halogens is 2. The molecule has 0 saturated heterocycles.